The Bertz CT molecular complexity index is 452. The molecule has 0 spiro atoms. The average Bonchev–Trinajstić information content (AvgIpc) is 2.21. The molecular weight excluding hydrogens is 305 g/mol. The first-order valence-electron chi connectivity index (χ1n) is 5.11. The van der Waals surface area contributed by atoms with E-state index in [1.165, 1.54) is 17.0 Å². The summed E-state index contributed by atoms with van der Waals surface area (Å²) in [6, 6.07) is 4.18. The maximum Gasteiger partial charge on any atom is 0.231 e. The first kappa shape index (κ1) is 14.6. The van der Waals surface area contributed by atoms with Gasteiger partial charge in [0.2, 0.25) is 11.8 Å². The van der Waals surface area contributed by atoms with Crippen LogP contribution >= 0.6 is 15.9 Å². The van der Waals surface area contributed by atoms with Crippen molar-refractivity contribution in [3.8, 4) is 0 Å². The molecule has 0 unspecified atom stereocenters. The Kier molecular flexibility index (Phi) is 5.24. The standard InChI is InChI=1S/C11H13BrFN3O2/c12-9-2-1-8(13)3-7(9)4-16(5-10(14)17)6-11(15)18/h1-3H,4-6H2,(H2,14,17)(H2,15,18). The zero-order chi connectivity index (χ0) is 13.7. The number of hydrogen-bond acceptors (Lipinski definition) is 3. The molecule has 98 valence electrons. The number of nitrogens with zero attached hydrogens (tertiary/aromatic N) is 1. The van der Waals surface area contributed by atoms with Crippen LogP contribution in [0.1, 0.15) is 5.56 Å². The van der Waals surface area contributed by atoms with Crippen LogP contribution in [0.3, 0.4) is 0 Å². The summed E-state index contributed by atoms with van der Waals surface area (Å²) in [5.41, 5.74) is 10.8. The third kappa shape index (κ3) is 4.80. The number of amides is 2. The number of primary amides is 2. The Morgan fingerprint density at radius 3 is 2.28 bits per heavy atom. The lowest BCUT2D eigenvalue weighted by molar-refractivity contribution is -0.122. The van der Waals surface area contributed by atoms with Crippen LogP contribution in [0.5, 0.6) is 0 Å². The predicted molar refractivity (Wildman–Crippen MR) is 67.8 cm³/mol. The van der Waals surface area contributed by atoms with Gasteiger partial charge >= 0.3 is 0 Å². The summed E-state index contributed by atoms with van der Waals surface area (Å²) in [7, 11) is 0. The summed E-state index contributed by atoms with van der Waals surface area (Å²) in [5, 5.41) is 0. The van der Waals surface area contributed by atoms with E-state index in [1.54, 1.807) is 6.07 Å². The fraction of sp³-hybridized carbons (Fsp3) is 0.273. The minimum Gasteiger partial charge on any atom is -0.369 e. The number of carbonyl (C=O) groups is 2. The molecule has 5 nitrogen and oxygen atoms in total. The van der Waals surface area contributed by atoms with E-state index in [1.807, 2.05) is 0 Å². The molecule has 0 aliphatic rings. The lowest BCUT2D eigenvalue weighted by atomic mass is 10.2. The van der Waals surface area contributed by atoms with Gasteiger partial charge < -0.3 is 11.5 Å². The van der Waals surface area contributed by atoms with Crippen LogP contribution in [-0.2, 0) is 16.1 Å². The van der Waals surface area contributed by atoms with E-state index in [-0.39, 0.29) is 19.6 Å². The molecule has 4 N–H and O–H groups in total. The number of nitrogens with two attached hydrogens (primary N) is 2. The van der Waals surface area contributed by atoms with Gasteiger partial charge in [0.05, 0.1) is 13.1 Å². The van der Waals surface area contributed by atoms with Gasteiger partial charge in [0.25, 0.3) is 0 Å². The molecule has 0 fully saturated rings. The summed E-state index contributed by atoms with van der Waals surface area (Å²) in [5.74, 6) is -1.56. The summed E-state index contributed by atoms with van der Waals surface area (Å²) in [6.45, 7) is -0.0397. The molecule has 1 aromatic rings. The number of rotatable bonds is 6. The predicted octanol–water partition coefficient (Wildman–Crippen LogP) is 0.361. The van der Waals surface area contributed by atoms with E-state index in [9.17, 15) is 14.0 Å². The second-order valence-electron chi connectivity index (χ2n) is 3.81. The van der Waals surface area contributed by atoms with Crippen molar-refractivity contribution in [1.29, 1.82) is 0 Å². The van der Waals surface area contributed by atoms with Crippen molar-refractivity contribution in [2.24, 2.45) is 11.5 Å². The van der Waals surface area contributed by atoms with E-state index in [2.05, 4.69) is 15.9 Å². The van der Waals surface area contributed by atoms with Gasteiger partial charge in [-0.3, -0.25) is 14.5 Å². The van der Waals surface area contributed by atoms with Gasteiger partial charge in [0, 0.05) is 11.0 Å². The zero-order valence-corrected chi connectivity index (χ0v) is 11.1. The maximum absolute atomic E-state index is 13.1. The minimum atomic E-state index is -0.580. The van der Waals surface area contributed by atoms with Crippen molar-refractivity contribution in [2.75, 3.05) is 13.1 Å². The van der Waals surface area contributed by atoms with Crippen LogP contribution in [0.2, 0.25) is 0 Å². The Hall–Kier alpha value is -1.47. The van der Waals surface area contributed by atoms with Crippen molar-refractivity contribution in [3.63, 3.8) is 0 Å². The maximum atomic E-state index is 13.1. The normalized spacial score (nSPS) is 10.6. The van der Waals surface area contributed by atoms with Crippen molar-refractivity contribution in [1.82, 2.24) is 4.90 Å². The third-order valence-corrected chi connectivity index (χ3v) is 2.93. The highest BCUT2D eigenvalue weighted by molar-refractivity contribution is 9.10. The fourth-order valence-electron chi connectivity index (χ4n) is 1.51. The Morgan fingerprint density at radius 1 is 1.22 bits per heavy atom. The molecular formula is C11H13BrFN3O2. The summed E-state index contributed by atoms with van der Waals surface area (Å²) in [6.07, 6.45) is 0. The lowest BCUT2D eigenvalue weighted by Crippen LogP contribution is -2.39. The van der Waals surface area contributed by atoms with Crippen molar-refractivity contribution in [3.05, 3.63) is 34.1 Å². The molecule has 0 aliphatic carbocycles. The van der Waals surface area contributed by atoms with Crippen LogP contribution < -0.4 is 11.5 Å². The molecule has 0 saturated carbocycles. The SMILES string of the molecule is NC(=O)CN(CC(N)=O)Cc1cc(F)ccc1Br. The smallest absolute Gasteiger partial charge is 0.231 e. The van der Waals surface area contributed by atoms with E-state index in [0.717, 1.165) is 0 Å². The second-order valence-corrected chi connectivity index (χ2v) is 4.67. The number of carbonyl (C=O) groups excluding carboxylic acids is 2. The zero-order valence-electron chi connectivity index (χ0n) is 9.53. The molecule has 0 saturated heterocycles. The molecule has 0 aliphatic heterocycles. The number of hydrogen-bond donors (Lipinski definition) is 2. The Balaban J connectivity index is 2.84. The highest BCUT2D eigenvalue weighted by atomic mass is 79.9. The van der Waals surface area contributed by atoms with Crippen LogP contribution in [-0.4, -0.2) is 29.8 Å². The van der Waals surface area contributed by atoms with Gasteiger partial charge in [-0.2, -0.15) is 0 Å². The quantitative estimate of drug-likeness (QED) is 0.794. The number of benzene rings is 1. The Morgan fingerprint density at radius 2 is 1.78 bits per heavy atom. The second kappa shape index (κ2) is 6.46. The first-order chi connectivity index (χ1) is 8.38. The Labute approximate surface area is 112 Å². The summed E-state index contributed by atoms with van der Waals surface area (Å²) in [4.78, 5) is 23.2. The van der Waals surface area contributed by atoms with E-state index in [4.69, 9.17) is 11.5 Å². The molecule has 0 atom stereocenters. The van der Waals surface area contributed by atoms with Crippen molar-refractivity contribution < 1.29 is 14.0 Å². The highest BCUT2D eigenvalue weighted by Crippen LogP contribution is 2.19. The molecule has 1 aromatic carbocycles. The third-order valence-electron chi connectivity index (χ3n) is 2.16. The molecule has 0 aromatic heterocycles. The van der Waals surface area contributed by atoms with Gasteiger partial charge in [-0.25, -0.2) is 4.39 Å². The van der Waals surface area contributed by atoms with Crippen LogP contribution in [0, 0.1) is 5.82 Å². The summed E-state index contributed by atoms with van der Waals surface area (Å²) < 4.78 is 13.8. The van der Waals surface area contributed by atoms with Crippen LogP contribution in [0.15, 0.2) is 22.7 Å². The van der Waals surface area contributed by atoms with Gasteiger partial charge in [-0.1, -0.05) is 15.9 Å². The van der Waals surface area contributed by atoms with Gasteiger partial charge in [0.1, 0.15) is 5.82 Å². The van der Waals surface area contributed by atoms with E-state index in [0.29, 0.717) is 10.0 Å². The molecule has 0 bridgehead atoms. The molecule has 18 heavy (non-hydrogen) atoms. The van der Waals surface area contributed by atoms with E-state index < -0.39 is 17.6 Å². The van der Waals surface area contributed by atoms with Gasteiger partial charge in [0.15, 0.2) is 0 Å². The molecule has 0 radical (unpaired) electrons. The van der Waals surface area contributed by atoms with Crippen LogP contribution in [0.4, 0.5) is 4.39 Å². The molecule has 2 amide bonds. The van der Waals surface area contributed by atoms with Crippen molar-refractivity contribution in [2.45, 2.75) is 6.54 Å². The fourth-order valence-corrected chi connectivity index (χ4v) is 1.89. The highest BCUT2D eigenvalue weighted by Gasteiger charge is 2.13. The molecule has 0 heterocycles. The largest absolute Gasteiger partial charge is 0.369 e. The lowest BCUT2D eigenvalue weighted by Gasteiger charge is -2.19. The molecule has 7 heteroatoms. The van der Waals surface area contributed by atoms with Gasteiger partial charge in [-0.15, -0.1) is 0 Å². The minimum absolute atomic E-state index is 0.119. The monoisotopic (exact) mass is 317 g/mol. The first-order valence-corrected chi connectivity index (χ1v) is 5.90. The average molecular weight is 318 g/mol. The van der Waals surface area contributed by atoms with Gasteiger partial charge in [-0.05, 0) is 23.8 Å². The topological polar surface area (TPSA) is 89.4 Å². The number of halogens is 2. The summed E-state index contributed by atoms with van der Waals surface area (Å²) >= 11 is 3.27. The van der Waals surface area contributed by atoms with E-state index >= 15 is 0 Å². The molecule has 1 rings (SSSR count). The van der Waals surface area contributed by atoms with Crippen LogP contribution in [0.25, 0.3) is 0 Å². The van der Waals surface area contributed by atoms with Crippen molar-refractivity contribution >= 4 is 27.7 Å².